The van der Waals surface area contributed by atoms with Crippen LogP contribution in [0.2, 0.25) is 10.0 Å². The van der Waals surface area contributed by atoms with Gasteiger partial charge in [-0.3, -0.25) is 0 Å². The number of carboxylic acids is 1. The van der Waals surface area contributed by atoms with Gasteiger partial charge in [0.1, 0.15) is 0 Å². The van der Waals surface area contributed by atoms with E-state index >= 15 is 0 Å². The van der Waals surface area contributed by atoms with Gasteiger partial charge in [0.05, 0.1) is 5.02 Å². The number of benzene rings is 1. The van der Waals surface area contributed by atoms with Crippen LogP contribution in [0, 0.1) is 0 Å². The monoisotopic (exact) mass is 288 g/mol. The molecule has 2 aromatic rings. The molecule has 1 aromatic carbocycles. The first-order valence-corrected chi connectivity index (χ1v) is 6.09. The quantitative estimate of drug-likeness (QED) is 0.907. The van der Waals surface area contributed by atoms with E-state index in [0.717, 1.165) is 0 Å². The predicted octanol–water partition coefficient (Wildman–Crippen LogP) is 4.44. The fourth-order valence-corrected chi connectivity index (χ4v) is 2.46. The molecule has 0 aliphatic carbocycles. The van der Waals surface area contributed by atoms with E-state index < -0.39 is 5.97 Å². The van der Waals surface area contributed by atoms with Crippen molar-refractivity contribution >= 4 is 40.9 Å². The second kappa shape index (κ2) is 5.04. The van der Waals surface area contributed by atoms with Crippen molar-refractivity contribution in [3.05, 3.63) is 46.1 Å². The highest BCUT2D eigenvalue weighted by Gasteiger charge is 2.11. The van der Waals surface area contributed by atoms with Crippen molar-refractivity contribution in [2.45, 2.75) is 9.99 Å². The molecule has 1 aromatic heterocycles. The summed E-state index contributed by atoms with van der Waals surface area (Å²) in [7, 11) is 0. The van der Waals surface area contributed by atoms with Crippen LogP contribution >= 0.6 is 35.0 Å². The summed E-state index contributed by atoms with van der Waals surface area (Å²) in [5, 5.41) is 10.3. The Morgan fingerprint density at radius 1 is 1.24 bits per heavy atom. The van der Waals surface area contributed by atoms with Crippen molar-refractivity contribution in [3.8, 4) is 0 Å². The highest BCUT2D eigenvalue weighted by molar-refractivity contribution is 7.99. The van der Waals surface area contributed by atoms with E-state index in [0.29, 0.717) is 20.0 Å². The second-order valence-corrected chi connectivity index (χ2v) is 4.99. The summed E-state index contributed by atoms with van der Waals surface area (Å²) < 4.78 is 5.11. The van der Waals surface area contributed by atoms with Gasteiger partial charge in [-0.2, -0.15) is 0 Å². The van der Waals surface area contributed by atoms with Crippen molar-refractivity contribution < 1.29 is 14.3 Å². The Morgan fingerprint density at radius 2 is 2.00 bits per heavy atom. The molecule has 1 N–H and O–H groups in total. The number of aromatic carboxylic acids is 1. The summed E-state index contributed by atoms with van der Waals surface area (Å²) in [6, 6.07) is 8.01. The van der Waals surface area contributed by atoms with Crippen LogP contribution in [0.3, 0.4) is 0 Å². The third-order valence-electron chi connectivity index (χ3n) is 1.90. The molecule has 0 amide bonds. The lowest BCUT2D eigenvalue weighted by atomic mass is 10.4. The van der Waals surface area contributed by atoms with Gasteiger partial charge in [0.15, 0.2) is 5.09 Å². The molecule has 0 unspecified atom stereocenters. The van der Waals surface area contributed by atoms with Gasteiger partial charge in [-0.15, -0.1) is 0 Å². The van der Waals surface area contributed by atoms with E-state index in [1.165, 1.54) is 17.8 Å². The van der Waals surface area contributed by atoms with Crippen LogP contribution in [-0.4, -0.2) is 11.1 Å². The molecule has 0 aliphatic heterocycles. The fourth-order valence-electron chi connectivity index (χ4n) is 1.15. The number of carboxylic acid groups (broad SMARTS) is 1. The van der Waals surface area contributed by atoms with Crippen LogP contribution in [0.15, 0.2) is 44.7 Å². The Labute approximate surface area is 111 Å². The third-order valence-corrected chi connectivity index (χ3v) is 3.55. The summed E-state index contributed by atoms with van der Waals surface area (Å²) in [6.07, 6.45) is 0. The first-order chi connectivity index (χ1) is 8.06. The van der Waals surface area contributed by atoms with Crippen LogP contribution in [0.4, 0.5) is 0 Å². The zero-order valence-electron chi connectivity index (χ0n) is 8.31. The molecule has 0 bridgehead atoms. The fraction of sp³-hybridized carbons (Fsp3) is 0. The van der Waals surface area contributed by atoms with Gasteiger partial charge in [0, 0.05) is 9.92 Å². The summed E-state index contributed by atoms with van der Waals surface area (Å²) in [5.74, 6) is -1.21. The molecular weight excluding hydrogens is 283 g/mol. The Morgan fingerprint density at radius 3 is 2.65 bits per heavy atom. The van der Waals surface area contributed by atoms with Crippen molar-refractivity contribution in [3.63, 3.8) is 0 Å². The lowest BCUT2D eigenvalue weighted by Crippen LogP contribution is -1.91. The minimum Gasteiger partial charge on any atom is -0.475 e. The molecule has 3 nitrogen and oxygen atoms in total. The van der Waals surface area contributed by atoms with Gasteiger partial charge in [0.25, 0.3) is 0 Å². The molecule has 0 spiro atoms. The van der Waals surface area contributed by atoms with Crippen LogP contribution in [0.1, 0.15) is 10.6 Å². The van der Waals surface area contributed by atoms with E-state index in [9.17, 15) is 4.79 Å². The SMILES string of the molecule is O=C(O)c1ccc(Sc2cc(Cl)ccc2Cl)o1. The molecule has 0 atom stereocenters. The van der Waals surface area contributed by atoms with E-state index in [1.54, 1.807) is 24.3 Å². The summed E-state index contributed by atoms with van der Waals surface area (Å²) >= 11 is 13.0. The minimum absolute atomic E-state index is 0.106. The highest BCUT2D eigenvalue weighted by Crippen LogP contribution is 2.35. The maximum absolute atomic E-state index is 10.6. The second-order valence-electron chi connectivity index (χ2n) is 3.10. The highest BCUT2D eigenvalue weighted by atomic mass is 35.5. The molecule has 0 radical (unpaired) electrons. The largest absolute Gasteiger partial charge is 0.475 e. The molecule has 0 saturated carbocycles. The first kappa shape index (κ1) is 12.4. The smallest absolute Gasteiger partial charge is 0.371 e. The number of furan rings is 1. The Hall–Kier alpha value is -1.10. The molecule has 17 heavy (non-hydrogen) atoms. The number of carbonyl (C=O) groups is 1. The summed E-state index contributed by atoms with van der Waals surface area (Å²) in [6.45, 7) is 0. The molecule has 6 heteroatoms. The van der Waals surface area contributed by atoms with Crippen LogP contribution in [0.25, 0.3) is 0 Å². The van der Waals surface area contributed by atoms with Crippen LogP contribution in [-0.2, 0) is 0 Å². The zero-order valence-corrected chi connectivity index (χ0v) is 10.6. The number of hydrogen-bond donors (Lipinski definition) is 1. The number of rotatable bonds is 3. The van der Waals surface area contributed by atoms with Crippen molar-refractivity contribution in [2.24, 2.45) is 0 Å². The standard InChI is InChI=1S/C11H6Cl2O3S/c12-6-1-2-7(13)9(5-6)17-10-4-3-8(16-10)11(14)15/h1-5H,(H,14,15). The van der Waals surface area contributed by atoms with Crippen molar-refractivity contribution in [1.29, 1.82) is 0 Å². The molecule has 1 heterocycles. The van der Waals surface area contributed by atoms with Gasteiger partial charge in [-0.25, -0.2) is 4.79 Å². The Bertz CT molecular complexity index is 566. The van der Waals surface area contributed by atoms with Gasteiger partial charge >= 0.3 is 5.97 Å². The van der Waals surface area contributed by atoms with E-state index in [2.05, 4.69) is 0 Å². The molecular formula is C11H6Cl2O3S. The Balaban J connectivity index is 2.25. The summed E-state index contributed by atoms with van der Waals surface area (Å²) in [5.41, 5.74) is 0. The average Bonchev–Trinajstić information content (AvgIpc) is 2.72. The maximum atomic E-state index is 10.6. The molecule has 88 valence electrons. The normalized spacial score (nSPS) is 10.5. The van der Waals surface area contributed by atoms with E-state index in [-0.39, 0.29) is 5.76 Å². The first-order valence-electron chi connectivity index (χ1n) is 4.52. The van der Waals surface area contributed by atoms with E-state index in [1.807, 2.05) is 0 Å². The predicted molar refractivity (Wildman–Crippen MR) is 66.3 cm³/mol. The molecule has 2 rings (SSSR count). The topological polar surface area (TPSA) is 50.4 Å². The Kier molecular flexibility index (Phi) is 3.66. The van der Waals surface area contributed by atoms with Crippen molar-refractivity contribution in [1.82, 2.24) is 0 Å². The maximum Gasteiger partial charge on any atom is 0.371 e. The zero-order chi connectivity index (χ0) is 12.4. The average molecular weight is 289 g/mol. The van der Waals surface area contributed by atoms with Gasteiger partial charge in [-0.05, 0) is 30.3 Å². The molecule has 0 saturated heterocycles. The van der Waals surface area contributed by atoms with Crippen LogP contribution < -0.4 is 0 Å². The third kappa shape index (κ3) is 2.97. The minimum atomic E-state index is -1.10. The number of hydrogen-bond acceptors (Lipinski definition) is 3. The van der Waals surface area contributed by atoms with Crippen molar-refractivity contribution in [2.75, 3.05) is 0 Å². The molecule has 0 aliphatic rings. The number of halogens is 2. The lowest BCUT2D eigenvalue weighted by Gasteiger charge is -2.01. The van der Waals surface area contributed by atoms with Crippen LogP contribution in [0.5, 0.6) is 0 Å². The lowest BCUT2D eigenvalue weighted by molar-refractivity contribution is 0.0656. The van der Waals surface area contributed by atoms with Gasteiger partial charge in [-0.1, -0.05) is 35.0 Å². The van der Waals surface area contributed by atoms with Gasteiger partial charge in [0.2, 0.25) is 5.76 Å². The van der Waals surface area contributed by atoms with Gasteiger partial charge < -0.3 is 9.52 Å². The summed E-state index contributed by atoms with van der Waals surface area (Å²) in [4.78, 5) is 11.4. The van der Waals surface area contributed by atoms with E-state index in [4.69, 9.17) is 32.7 Å². The molecule has 0 fully saturated rings.